The van der Waals surface area contributed by atoms with Crippen LogP contribution in [0.4, 0.5) is 0 Å². The van der Waals surface area contributed by atoms with E-state index in [1.807, 2.05) is 24.3 Å². The van der Waals surface area contributed by atoms with E-state index in [9.17, 15) is 14.7 Å². The van der Waals surface area contributed by atoms with E-state index in [2.05, 4.69) is 4.98 Å². The minimum absolute atomic E-state index is 0.0543. The number of ether oxygens (including phenoxy) is 1. The van der Waals surface area contributed by atoms with Crippen LogP contribution in [0.1, 0.15) is 29.4 Å². The molecule has 2 aromatic heterocycles. The summed E-state index contributed by atoms with van der Waals surface area (Å²) >= 11 is 0. The van der Waals surface area contributed by atoms with Gasteiger partial charge in [0.05, 0.1) is 25.0 Å². The number of methoxy groups -OCH3 is 1. The third-order valence-electron chi connectivity index (χ3n) is 4.02. The molecule has 0 aliphatic rings. The normalized spacial score (nSPS) is 12.1. The maximum Gasteiger partial charge on any atom is 0.306 e. The SMILES string of the molecule is COC(=O)C[C@H](c1ccc2ncccc2c1)c1oc(C)cc(=O)c1O. The Morgan fingerprint density at radius 1 is 1.32 bits per heavy atom. The van der Waals surface area contributed by atoms with E-state index in [1.165, 1.54) is 13.2 Å². The molecular weight excluding hydrogens is 322 g/mol. The quantitative estimate of drug-likeness (QED) is 0.735. The highest BCUT2D eigenvalue weighted by Gasteiger charge is 2.26. The fourth-order valence-corrected chi connectivity index (χ4v) is 2.78. The summed E-state index contributed by atoms with van der Waals surface area (Å²) in [7, 11) is 1.29. The average molecular weight is 339 g/mol. The van der Waals surface area contributed by atoms with Crippen molar-refractivity contribution in [2.24, 2.45) is 0 Å². The molecule has 6 heteroatoms. The minimum atomic E-state index is -0.648. The average Bonchev–Trinajstić information content (AvgIpc) is 2.62. The first-order chi connectivity index (χ1) is 12.0. The summed E-state index contributed by atoms with van der Waals surface area (Å²) in [5.41, 5.74) is 0.976. The Bertz CT molecular complexity index is 993. The van der Waals surface area contributed by atoms with Crippen LogP contribution in [-0.2, 0) is 9.53 Å². The molecule has 0 fully saturated rings. The van der Waals surface area contributed by atoms with E-state index in [-0.39, 0.29) is 12.2 Å². The molecule has 25 heavy (non-hydrogen) atoms. The molecule has 0 saturated heterocycles. The van der Waals surface area contributed by atoms with Gasteiger partial charge in [-0.15, -0.1) is 0 Å². The number of hydrogen-bond acceptors (Lipinski definition) is 6. The van der Waals surface area contributed by atoms with E-state index in [1.54, 1.807) is 19.2 Å². The predicted molar refractivity (Wildman–Crippen MR) is 91.6 cm³/mol. The first kappa shape index (κ1) is 16.7. The highest BCUT2D eigenvalue weighted by molar-refractivity contribution is 5.80. The van der Waals surface area contributed by atoms with Crippen molar-refractivity contribution >= 4 is 16.9 Å². The molecule has 1 N–H and O–H groups in total. The molecule has 0 saturated carbocycles. The third-order valence-corrected chi connectivity index (χ3v) is 4.02. The largest absolute Gasteiger partial charge is 0.502 e. The molecule has 0 aliphatic heterocycles. The molecule has 3 rings (SSSR count). The van der Waals surface area contributed by atoms with Gasteiger partial charge in [-0.05, 0) is 30.7 Å². The zero-order valence-corrected chi connectivity index (χ0v) is 13.9. The van der Waals surface area contributed by atoms with E-state index in [4.69, 9.17) is 9.15 Å². The van der Waals surface area contributed by atoms with Crippen molar-refractivity contribution in [2.45, 2.75) is 19.3 Å². The van der Waals surface area contributed by atoms with Gasteiger partial charge in [-0.25, -0.2) is 0 Å². The van der Waals surface area contributed by atoms with Gasteiger partial charge in [0, 0.05) is 17.6 Å². The fraction of sp³-hybridized carbons (Fsp3) is 0.211. The number of benzene rings is 1. The monoisotopic (exact) mass is 339 g/mol. The molecule has 1 aromatic carbocycles. The van der Waals surface area contributed by atoms with E-state index >= 15 is 0 Å². The van der Waals surface area contributed by atoms with Crippen LogP contribution in [0.3, 0.4) is 0 Å². The van der Waals surface area contributed by atoms with Crippen molar-refractivity contribution in [3.05, 3.63) is 69.9 Å². The summed E-state index contributed by atoms with van der Waals surface area (Å²) in [6.45, 7) is 1.61. The smallest absolute Gasteiger partial charge is 0.306 e. The number of carbonyl (C=O) groups excluding carboxylic acids is 1. The van der Waals surface area contributed by atoms with Gasteiger partial charge in [0.15, 0.2) is 5.76 Å². The van der Waals surface area contributed by atoms with Crippen molar-refractivity contribution in [2.75, 3.05) is 7.11 Å². The summed E-state index contributed by atoms with van der Waals surface area (Å²) in [5, 5.41) is 11.1. The van der Waals surface area contributed by atoms with Gasteiger partial charge in [-0.3, -0.25) is 14.6 Å². The molecule has 6 nitrogen and oxygen atoms in total. The molecule has 0 unspecified atom stereocenters. The van der Waals surface area contributed by atoms with E-state index < -0.39 is 23.1 Å². The molecule has 128 valence electrons. The zero-order valence-electron chi connectivity index (χ0n) is 13.9. The fourth-order valence-electron chi connectivity index (χ4n) is 2.78. The van der Waals surface area contributed by atoms with Crippen molar-refractivity contribution in [3.8, 4) is 5.75 Å². The molecule has 2 heterocycles. The maximum absolute atomic E-state index is 11.9. The Morgan fingerprint density at radius 3 is 2.88 bits per heavy atom. The summed E-state index contributed by atoms with van der Waals surface area (Å²) in [4.78, 5) is 28.1. The lowest BCUT2D eigenvalue weighted by atomic mass is 9.91. The highest BCUT2D eigenvalue weighted by atomic mass is 16.5. The highest BCUT2D eigenvalue weighted by Crippen LogP contribution is 2.34. The number of aromatic hydroxyl groups is 1. The van der Waals surface area contributed by atoms with Gasteiger partial charge in [-0.1, -0.05) is 12.1 Å². The standard InChI is InChI=1S/C19H17NO5/c1-11-8-16(21)18(23)19(25-11)14(10-17(22)24-2)12-5-6-15-13(9-12)4-3-7-20-15/h3-9,14,23H,10H2,1-2H3/t14-/m1/s1. The van der Waals surface area contributed by atoms with Crippen molar-refractivity contribution in [1.29, 1.82) is 0 Å². The molecule has 3 aromatic rings. The molecular formula is C19H17NO5. The number of aryl methyl sites for hydroxylation is 1. The first-order valence-electron chi connectivity index (χ1n) is 7.74. The van der Waals surface area contributed by atoms with Crippen molar-refractivity contribution < 1.29 is 19.1 Å². The van der Waals surface area contributed by atoms with E-state index in [0.29, 0.717) is 5.76 Å². The van der Waals surface area contributed by atoms with Crippen LogP contribution in [0.25, 0.3) is 10.9 Å². The van der Waals surface area contributed by atoms with Crippen LogP contribution in [0.15, 0.2) is 51.8 Å². The lowest BCUT2D eigenvalue weighted by Gasteiger charge is -2.17. The summed E-state index contributed by atoms with van der Waals surface area (Å²) in [6, 6.07) is 10.4. The Labute approximate surface area is 143 Å². The second-order valence-electron chi connectivity index (χ2n) is 5.72. The Balaban J connectivity index is 2.17. The molecule has 0 amide bonds. The summed E-state index contributed by atoms with van der Waals surface area (Å²) in [6.07, 6.45) is 1.63. The van der Waals surface area contributed by atoms with Crippen molar-refractivity contribution in [3.63, 3.8) is 0 Å². The number of esters is 1. The van der Waals surface area contributed by atoms with Gasteiger partial charge in [0.2, 0.25) is 11.2 Å². The molecule has 0 radical (unpaired) electrons. The number of carbonyl (C=O) groups is 1. The molecule has 0 spiro atoms. The summed E-state index contributed by atoms with van der Waals surface area (Å²) < 4.78 is 10.3. The van der Waals surface area contributed by atoms with Crippen molar-refractivity contribution in [1.82, 2.24) is 4.98 Å². The lowest BCUT2D eigenvalue weighted by molar-refractivity contribution is -0.140. The first-order valence-corrected chi connectivity index (χ1v) is 7.74. The van der Waals surface area contributed by atoms with Crippen LogP contribution < -0.4 is 5.43 Å². The van der Waals surface area contributed by atoms with Gasteiger partial charge >= 0.3 is 5.97 Å². The Morgan fingerprint density at radius 2 is 2.12 bits per heavy atom. The molecule has 0 aliphatic carbocycles. The van der Waals surface area contributed by atoms with Crippen LogP contribution >= 0.6 is 0 Å². The number of rotatable bonds is 4. The van der Waals surface area contributed by atoms with Gasteiger partial charge in [0.25, 0.3) is 0 Å². The second kappa shape index (κ2) is 6.76. The number of fused-ring (bicyclic) bond motifs is 1. The number of hydrogen-bond donors (Lipinski definition) is 1. The summed E-state index contributed by atoms with van der Waals surface area (Å²) in [5.74, 6) is -1.20. The Hall–Kier alpha value is -3.15. The van der Waals surface area contributed by atoms with E-state index in [0.717, 1.165) is 16.5 Å². The van der Waals surface area contributed by atoms with Gasteiger partial charge < -0.3 is 14.3 Å². The van der Waals surface area contributed by atoms with Crippen LogP contribution in [0, 0.1) is 6.92 Å². The zero-order chi connectivity index (χ0) is 18.0. The predicted octanol–water partition coefficient (Wildman–Crippen LogP) is 2.90. The van der Waals surface area contributed by atoms with Gasteiger partial charge in [0.1, 0.15) is 5.76 Å². The minimum Gasteiger partial charge on any atom is -0.502 e. The van der Waals surface area contributed by atoms with Crippen LogP contribution in [-0.4, -0.2) is 23.2 Å². The van der Waals surface area contributed by atoms with Crippen LogP contribution in [0.5, 0.6) is 5.75 Å². The number of pyridine rings is 1. The third kappa shape index (κ3) is 3.38. The number of nitrogens with zero attached hydrogens (tertiary/aromatic N) is 1. The molecule has 1 atom stereocenters. The maximum atomic E-state index is 11.9. The second-order valence-corrected chi connectivity index (χ2v) is 5.72. The van der Waals surface area contributed by atoms with Gasteiger partial charge in [-0.2, -0.15) is 0 Å². The number of aromatic nitrogens is 1. The topological polar surface area (TPSA) is 89.6 Å². The Kier molecular flexibility index (Phi) is 4.52. The lowest BCUT2D eigenvalue weighted by Crippen LogP contribution is -2.13. The molecule has 0 bridgehead atoms. The van der Waals surface area contributed by atoms with Crippen LogP contribution in [0.2, 0.25) is 0 Å².